The van der Waals surface area contributed by atoms with Crippen LogP contribution in [0.4, 0.5) is 8.78 Å². The fraction of sp³-hybridized carbons (Fsp3) is 0. The van der Waals surface area contributed by atoms with Crippen LogP contribution in [0.15, 0.2) is 97.1 Å². The zero-order valence-corrected chi connectivity index (χ0v) is 17.8. The van der Waals surface area contributed by atoms with E-state index in [9.17, 15) is 5.26 Å². The van der Waals surface area contributed by atoms with Gasteiger partial charge >= 0.3 is 0 Å². The Hall–Kier alpha value is -4.76. The van der Waals surface area contributed by atoms with Crippen LogP contribution in [-0.2, 0) is 0 Å². The summed E-state index contributed by atoms with van der Waals surface area (Å²) in [4.78, 5) is 13.4. The summed E-state index contributed by atoms with van der Waals surface area (Å²) in [6.07, 6.45) is 0. The van der Waals surface area contributed by atoms with Crippen molar-refractivity contribution in [3.05, 3.63) is 114 Å². The van der Waals surface area contributed by atoms with Crippen LogP contribution in [0.2, 0.25) is 0 Å². The molecule has 4 nitrogen and oxygen atoms in total. The van der Waals surface area contributed by atoms with Crippen LogP contribution in [0.1, 0.15) is 5.56 Å². The number of hydrogen-bond acceptors (Lipinski definition) is 4. The lowest BCUT2D eigenvalue weighted by Crippen LogP contribution is -2.04. The van der Waals surface area contributed by atoms with E-state index < -0.39 is 11.6 Å². The van der Waals surface area contributed by atoms with E-state index in [1.54, 1.807) is 30.3 Å². The highest BCUT2D eigenvalue weighted by Gasteiger charge is 2.23. The van der Waals surface area contributed by atoms with Crippen molar-refractivity contribution in [1.82, 2.24) is 15.0 Å². The van der Waals surface area contributed by atoms with Gasteiger partial charge in [-0.2, -0.15) is 5.26 Å². The molecule has 34 heavy (non-hydrogen) atoms. The van der Waals surface area contributed by atoms with Crippen LogP contribution >= 0.6 is 0 Å². The molecule has 5 aromatic rings. The van der Waals surface area contributed by atoms with Crippen LogP contribution in [0, 0.1) is 23.0 Å². The normalized spacial score (nSPS) is 10.6. The van der Waals surface area contributed by atoms with Gasteiger partial charge in [-0.3, -0.25) is 0 Å². The average Bonchev–Trinajstić information content (AvgIpc) is 2.91. The van der Waals surface area contributed by atoms with Gasteiger partial charge in [0.15, 0.2) is 29.1 Å². The SMILES string of the molecule is N#Cc1cc(-c2nc(-c3ccccc3)nc(-c3ccccc3)n2)c(F)c(F)c1-c1ccccc1. The Morgan fingerprint density at radius 2 is 1.00 bits per heavy atom. The molecule has 0 aliphatic rings. The first-order chi connectivity index (χ1) is 16.7. The minimum Gasteiger partial charge on any atom is -0.208 e. The molecule has 6 heteroatoms. The molecular formula is C28H16F2N4. The summed E-state index contributed by atoms with van der Waals surface area (Å²) in [5.74, 6) is -1.67. The Balaban J connectivity index is 1.75. The van der Waals surface area contributed by atoms with Crippen LogP contribution in [-0.4, -0.2) is 15.0 Å². The largest absolute Gasteiger partial charge is 0.208 e. The predicted octanol–water partition coefficient (Wildman–Crippen LogP) is 6.69. The summed E-state index contributed by atoms with van der Waals surface area (Å²) in [5, 5.41) is 9.74. The molecular weight excluding hydrogens is 430 g/mol. The smallest absolute Gasteiger partial charge is 0.170 e. The monoisotopic (exact) mass is 446 g/mol. The molecule has 0 saturated carbocycles. The van der Waals surface area contributed by atoms with Crippen molar-refractivity contribution in [3.8, 4) is 51.4 Å². The second kappa shape index (κ2) is 9.00. The Labute approximate surface area is 194 Å². The number of hydrogen-bond donors (Lipinski definition) is 0. The van der Waals surface area contributed by atoms with Gasteiger partial charge in [0.1, 0.15) is 0 Å². The first-order valence-electron chi connectivity index (χ1n) is 10.5. The van der Waals surface area contributed by atoms with Crippen LogP contribution in [0.25, 0.3) is 45.3 Å². The quantitative estimate of drug-likeness (QED) is 0.309. The van der Waals surface area contributed by atoms with Crippen LogP contribution in [0.3, 0.4) is 0 Å². The van der Waals surface area contributed by atoms with E-state index >= 15 is 8.78 Å². The molecule has 0 atom stereocenters. The maximum atomic E-state index is 15.4. The van der Waals surface area contributed by atoms with E-state index in [2.05, 4.69) is 15.0 Å². The van der Waals surface area contributed by atoms with Gasteiger partial charge in [0, 0.05) is 16.7 Å². The third kappa shape index (κ3) is 3.91. The molecule has 0 unspecified atom stereocenters. The topological polar surface area (TPSA) is 62.5 Å². The molecule has 0 bridgehead atoms. The van der Waals surface area contributed by atoms with Crippen molar-refractivity contribution >= 4 is 0 Å². The summed E-state index contributed by atoms with van der Waals surface area (Å²) in [5.41, 5.74) is 1.50. The first-order valence-corrected chi connectivity index (χ1v) is 10.5. The molecule has 1 aromatic heterocycles. The molecule has 0 radical (unpaired) electrons. The zero-order chi connectivity index (χ0) is 23.5. The molecule has 162 valence electrons. The van der Waals surface area contributed by atoms with E-state index in [1.165, 1.54) is 6.07 Å². The lowest BCUT2D eigenvalue weighted by molar-refractivity contribution is 0.513. The van der Waals surface area contributed by atoms with Gasteiger partial charge in [-0.1, -0.05) is 91.0 Å². The maximum Gasteiger partial charge on any atom is 0.170 e. The van der Waals surface area contributed by atoms with Gasteiger partial charge < -0.3 is 0 Å². The molecule has 0 amide bonds. The Bertz CT molecular complexity index is 1460. The number of nitriles is 1. The van der Waals surface area contributed by atoms with Gasteiger partial charge in [0.05, 0.1) is 17.2 Å². The fourth-order valence-corrected chi connectivity index (χ4v) is 3.69. The summed E-state index contributed by atoms with van der Waals surface area (Å²) in [7, 11) is 0. The third-order valence-electron chi connectivity index (χ3n) is 5.33. The molecule has 5 rings (SSSR count). The second-order valence-corrected chi connectivity index (χ2v) is 7.49. The van der Waals surface area contributed by atoms with Crippen molar-refractivity contribution in [2.75, 3.05) is 0 Å². The number of rotatable bonds is 4. The summed E-state index contributed by atoms with van der Waals surface area (Å²) >= 11 is 0. The van der Waals surface area contributed by atoms with Crippen LogP contribution in [0.5, 0.6) is 0 Å². The van der Waals surface area contributed by atoms with E-state index in [4.69, 9.17) is 0 Å². The number of benzene rings is 4. The minimum atomic E-state index is -1.12. The van der Waals surface area contributed by atoms with Crippen molar-refractivity contribution in [3.63, 3.8) is 0 Å². The highest BCUT2D eigenvalue weighted by Crippen LogP contribution is 2.34. The second-order valence-electron chi connectivity index (χ2n) is 7.49. The highest BCUT2D eigenvalue weighted by molar-refractivity contribution is 5.76. The molecule has 0 fully saturated rings. The molecule has 4 aromatic carbocycles. The Morgan fingerprint density at radius 1 is 0.559 bits per heavy atom. The summed E-state index contributed by atoms with van der Waals surface area (Å²) in [6, 6.07) is 30.1. The summed E-state index contributed by atoms with van der Waals surface area (Å²) in [6.45, 7) is 0. The zero-order valence-electron chi connectivity index (χ0n) is 17.8. The maximum absolute atomic E-state index is 15.4. The van der Waals surface area contributed by atoms with Crippen molar-refractivity contribution in [2.24, 2.45) is 0 Å². The van der Waals surface area contributed by atoms with Crippen molar-refractivity contribution < 1.29 is 8.78 Å². The van der Waals surface area contributed by atoms with Gasteiger partial charge in [-0.05, 0) is 11.6 Å². The average molecular weight is 446 g/mol. The Morgan fingerprint density at radius 3 is 1.47 bits per heavy atom. The fourth-order valence-electron chi connectivity index (χ4n) is 3.69. The van der Waals surface area contributed by atoms with Gasteiger partial charge in [0.25, 0.3) is 0 Å². The number of halogens is 2. The molecule has 0 saturated heterocycles. The van der Waals surface area contributed by atoms with Crippen molar-refractivity contribution in [1.29, 1.82) is 5.26 Å². The molecule has 1 heterocycles. The number of aromatic nitrogens is 3. The molecule has 0 spiro atoms. The minimum absolute atomic E-state index is 0.0111. The molecule has 0 aliphatic heterocycles. The highest BCUT2D eigenvalue weighted by atomic mass is 19.2. The van der Waals surface area contributed by atoms with Gasteiger partial charge in [-0.25, -0.2) is 23.7 Å². The number of nitrogens with zero attached hydrogens (tertiary/aromatic N) is 4. The van der Waals surface area contributed by atoms with Gasteiger partial charge in [0.2, 0.25) is 0 Å². The van der Waals surface area contributed by atoms with Crippen molar-refractivity contribution in [2.45, 2.75) is 0 Å². The Kier molecular flexibility index (Phi) is 5.59. The lowest BCUT2D eigenvalue weighted by Gasteiger charge is -2.12. The predicted molar refractivity (Wildman–Crippen MR) is 126 cm³/mol. The molecule has 0 aliphatic carbocycles. The summed E-state index contributed by atoms with van der Waals surface area (Å²) < 4.78 is 30.8. The van der Waals surface area contributed by atoms with Crippen LogP contribution < -0.4 is 0 Å². The van der Waals surface area contributed by atoms with E-state index in [-0.39, 0.29) is 22.5 Å². The van der Waals surface area contributed by atoms with E-state index in [0.29, 0.717) is 28.3 Å². The lowest BCUT2D eigenvalue weighted by atomic mass is 9.96. The molecule has 0 N–H and O–H groups in total. The standard InChI is InChI=1S/C28H16F2N4/c29-24-22(16-21(17-31)23(25(24)30)18-10-4-1-5-11-18)28-33-26(19-12-6-2-7-13-19)32-27(34-28)20-14-8-3-9-15-20/h1-16H. The van der Waals surface area contributed by atoms with E-state index in [0.717, 1.165) is 0 Å². The van der Waals surface area contributed by atoms with Gasteiger partial charge in [-0.15, -0.1) is 0 Å². The van der Waals surface area contributed by atoms with E-state index in [1.807, 2.05) is 66.7 Å². The third-order valence-corrected chi connectivity index (χ3v) is 5.33. The first kappa shape index (κ1) is 21.1.